The molecule has 0 spiro atoms. The Balaban J connectivity index is 1.66. The maximum Gasteiger partial charge on any atom is 0.307 e. The van der Waals surface area contributed by atoms with Gasteiger partial charge in [-0.2, -0.15) is 5.10 Å². The summed E-state index contributed by atoms with van der Waals surface area (Å²) < 4.78 is 12.3. The van der Waals surface area contributed by atoms with Gasteiger partial charge in [0.05, 0.1) is 21.4 Å². The number of halogens is 4. The first-order valence-corrected chi connectivity index (χ1v) is 10.2. The first kappa shape index (κ1) is 20.9. The number of benzene rings is 2. The molecule has 0 fully saturated rings. The molecule has 3 aromatic rings. The number of nitrogens with one attached hydrogen (secondary N) is 1. The maximum atomic E-state index is 11.8. The fraction of sp³-hybridized carbons (Fsp3) is 0.0526. The quantitative estimate of drug-likeness (QED) is 0.285. The summed E-state index contributed by atoms with van der Waals surface area (Å²) in [6.45, 7) is 0.278. The molecule has 1 amide bonds. The zero-order chi connectivity index (χ0) is 20.1. The molecule has 0 saturated carbocycles. The number of hydrogen-bond donors (Lipinski definition) is 1. The van der Waals surface area contributed by atoms with Gasteiger partial charge in [0.25, 0.3) is 0 Å². The molecule has 144 valence electrons. The molecule has 0 aliphatic rings. The number of carbonyl (C=O) groups is 1. The first-order chi connectivity index (χ1) is 13.4. The third-order valence-electron chi connectivity index (χ3n) is 3.53. The molecule has 5 nitrogen and oxygen atoms in total. The number of hydrazone groups is 1. The predicted molar refractivity (Wildman–Crippen MR) is 116 cm³/mol. The average Bonchev–Trinajstić information content (AvgIpc) is 3.17. The number of carbonyl (C=O) groups excluding carboxylic acids is 1. The van der Waals surface area contributed by atoms with Crippen LogP contribution < -0.4 is 10.2 Å². The third-order valence-corrected chi connectivity index (χ3v) is 5.30. The Hall–Kier alpha value is -1.80. The van der Waals surface area contributed by atoms with Crippen LogP contribution in [0.5, 0.6) is 5.75 Å². The second-order valence-electron chi connectivity index (χ2n) is 5.51. The minimum absolute atomic E-state index is 0.184. The van der Waals surface area contributed by atoms with Gasteiger partial charge < -0.3 is 9.15 Å². The highest BCUT2D eigenvalue weighted by Crippen LogP contribution is 2.35. The molecule has 0 bridgehead atoms. The van der Waals surface area contributed by atoms with Gasteiger partial charge in [-0.1, -0.05) is 29.3 Å². The number of rotatable bonds is 6. The molecule has 1 heterocycles. The Labute approximate surface area is 187 Å². The molecule has 0 aliphatic carbocycles. The molecular formula is C19H12Br2Cl2N2O3. The molecule has 0 unspecified atom stereocenters. The molecular weight excluding hydrogens is 535 g/mol. The summed E-state index contributed by atoms with van der Waals surface area (Å²) in [5, 5.41) is 5.03. The van der Waals surface area contributed by atoms with Gasteiger partial charge in [-0.15, -0.1) is 0 Å². The monoisotopic (exact) mass is 544 g/mol. The van der Waals surface area contributed by atoms with Gasteiger partial charge >= 0.3 is 5.91 Å². The van der Waals surface area contributed by atoms with Gasteiger partial charge in [0.15, 0.2) is 5.76 Å². The zero-order valence-corrected chi connectivity index (χ0v) is 18.8. The Bertz CT molecular complexity index is 1000. The van der Waals surface area contributed by atoms with Crippen molar-refractivity contribution in [2.45, 2.75) is 6.61 Å². The molecule has 9 heteroatoms. The molecule has 28 heavy (non-hydrogen) atoms. The predicted octanol–water partition coefficient (Wildman–Crippen LogP) is 6.45. The van der Waals surface area contributed by atoms with Crippen molar-refractivity contribution in [2.75, 3.05) is 0 Å². The molecule has 3 rings (SSSR count). The first-order valence-electron chi connectivity index (χ1n) is 7.86. The molecule has 1 aromatic heterocycles. The number of nitrogens with zero attached hydrogens (tertiary/aromatic N) is 1. The number of ether oxygens (including phenoxy) is 1. The summed E-state index contributed by atoms with van der Waals surface area (Å²) >= 11 is 19.0. The van der Waals surface area contributed by atoms with Crippen LogP contribution in [0.3, 0.4) is 0 Å². The minimum Gasteiger partial charge on any atom is -0.486 e. The summed E-state index contributed by atoms with van der Waals surface area (Å²) in [6.07, 6.45) is 2.93. The van der Waals surface area contributed by atoms with Gasteiger partial charge in [0, 0.05) is 15.6 Å². The van der Waals surface area contributed by atoms with E-state index < -0.39 is 5.91 Å². The maximum absolute atomic E-state index is 11.8. The number of amides is 1. The summed E-state index contributed by atoms with van der Waals surface area (Å²) in [7, 11) is 0. The second kappa shape index (κ2) is 9.60. The lowest BCUT2D eigenvalue weighted by atomic mass is 10.2. The smallest absolute Gasteiger partial charge is 0.307 e. The summed E-state index contributed by atoms with van der Waals surface area (Å²) in [5.41, 5.74) is 3.96. The van der Waals surface area contributed by atoms with E-state index >= 15 is 0 Å². The van der Waals surface area contributed by atoms with Crippen LogP contribution in [0.25, 0.3) is 0 Å². The van der Waals surface area contributed by atoms with Crippen molar-refractivity contribution < 1.29 is 13.9 Å². The van der Waals surface area contributed by atoms with E-state index in [1.54, 1.807) is 24.3 Å². The Morgan fingerprint density at radius 3 is 2.57 bits per heavy atom. The van der Waals surface area contributed by atoms with E-state index in [1.807, 2.05) is 18.2 Å². The standard InChI is InChI=1S/C19H12Br2Cl2N2O3/c20-14-6-11(9-24-25-19(26)17-2-1-5-27-17)7-15(21)18(14)28-10-12-3-4-13(22)8-16(12)23/h1-9H,10H2,(H,25,26)/b24-9-. The van der Waals surface area contributed by atoms with Crippen LogP contribution in [0.15, 0.2) is 67.2 Å². The number of hydrogen-bond acceptors (Lipinski definition) is 4. The van der Waals surface area contributed by atoms with Gasteiger partial charge in [-0.25, -0.2) is 5.43 Å². The number of furan rings is 1. The van der Waals surface area contributed by atoms with Crippen molar-refractivity contribution in [3.05, 3.63) is 84.6 Å². The van der Waals surface area contributed by atoms with Crippen molar-refractivity contribution in [3.8, 4) is 5.75 Å². The Morgan fingerprint density at radius 2 is 1.93 bits per heavy atom. The largest absolute Gasteiger partial charge is 0.486 e. The molecule has 1 N–H and O–H groups in total. The average molecular weight is 547 g/mol. The Kier molecular flexibility index (Phi) is 7.18. The molecule has 0 aliphatic heterocycles. The molecule has 0 saturated heterocycles. The summed E-state index contributed by atoms with van der Waals surface area (Å²) in [6, 6.07) is 12.0. The topological polar surface area (TPSA) is 63.8 Å². The molecule has 2 aromatic carbocycles. The highest BCUT2D eigenvalue weighted by atomic mass is 79.9. The van der Waals surface area contributed by atoms with E-state index in [4.69, 9.17) is 32.4 Å². The van der Waals surface area contributed by atoms with E-state index in [2.05, 4.69) is 42.4 Å². The van der Waals surface area contributed by atoms with E-state index in [0.29, 0.717) is 24.7 Å². The van der Waals surface area contributed by atoms with Gasteiger partial charge in [0.1, 0.15) is 12.4 Å². The van der Waals surface area contributed by atoms with E-state index in [1.165, 1.54) is 12.5 Å². The lowest BCUT2D eigenvalue weighted by Gasteiger charge is -2.12. The normalized spacial score (nSPS) is 11.0. The van der Waals surface area contributed by atoms with Gasteiger partial charge in [-0.3, -0.25) is 4.79 Å². The van der Waals surface area contributed by atoms with Crippen LogP contribution in [0.2, 0.25) is 10.0 Å². The van der Waals surface area contributed by atoms with Gasteiger partial charge in [0.2, 0.25) is 0 Å². The van der Waals surface area contributed by atoms with Crippen LogP contribution in [0, 0.1) is 0 Å². The van der Waals surface area contributed by atoms with Crippen LogP contribution in [-0.2, 0) is 6.61 Å². The lowest BCUT2D eigenvalue weighted by molar-refractivity contribution is 0.0927. The van der Waals surface area contributed by atoms with Crippen molar-refractivity contribution in [2.24, 2.45) is 5.10 Å². The summed E-state index contributed by atoms with van der Waals surface area (Å²) in [5.74, 6) is 0.367. The van der Waals surface area contributed by atoms with E-state index in [9.17, 15) is 4.79 Å². The fourth-order valence-electron chi connectivity index (χ4n) is 2.21. The second-order valence-corrected chi connectivity index (χ2v) is 8.07. The van der Waals surface area contributed by atoms with E-state index in [-0.39, 0.29) is 12.4 Å². The van der Waals surface area contributed by atoms with Crippen LogP contribution >= 0.6 is 55.1 Å². The highest BCUT2D eigenvalue weighted by molar-refractivity contribution is 9.11. The highest BCUT2D eigenvalue weighted by Gasteiger charge is 2.11. The van der Waals surface area contributed by atoms with Crippen LogP contribution in [-0.4, -0.2) is 12.1 Å². The molecule has 0 atom stereocenters. The SMILES string of the molecule is O=C(N/N=C\c1cc(Br)c(OCc2ccc(Cl)cc2Cl)c(Br)c1)c1ccco1. The zero-order valence-electron chi connectivity index (χ0n) is 14.1. The van der Waals surface area contributed by atoms with Crippen LogP contribution in [0.4, 0.5) is 0 Å². The minimum atomic E-state index is -0.431. The Morgan fingerprint density at radius 1 is 1.18 bits per heavy atom. The van der Waals surface area contributed by atoms with Gasteiger partial charge in [-0.05, 0) is 73.8 Å². The van der Waals surface area contributed by atoms with Crippen LogP contribution in [0.1, 0.15) is 21.7 Å². The molecule has 0 radical (unpaired) electrons. The van der Waals surface area contributed by atoms with Crippen molar-refractivity contribution >= 4 is 67.2 Å². The van der Waals surface area contributed by atoms with Crippen molar-refractivity contribution in [1.82, 2.24) is 5.43 Å². The summed E-state index contributed by atoms with van der Waals surface area (Å²) in [4.78, 5) is 11.8. The third kappa shape index (κ3) is 5.38. The van der Waals surface area contributed by atoms with Crippen molar-refractivity contribution in [3.63, 3.8) is 0 Å². The lowest BCUT2D eigenvalue weighted by Crippen LogP contribution is -2.16. The van der Waals surface area contributed by atoms with E-state index in [0.717, 1.165) is 11.1 Å². The fourth-order valence-corrected chi connectivity index (χ4v) is 4.12. The van der Waals surface area contributed by atoms with Crippen molar-refractivity contribution in [1.29, 1.82) is 0 Å².